The van der Waals surface area contributed by atoms with Gasteiger partial charge in [0.05, 0.1) is 68.3 Å². The summed E-state index contributed by atoms with van der Waals surface area (Å²) in [5.41, 5.74) is 0.219. The van der Waals surface area contributed by atoms with E-state index in [0.29, 0.717) is 41.2 Å². The number of halogens is 1. The molecule has 3 aromatic carbocycles. The molecule has 1 atom stereocenters. The first-order valence-corrected chi connectivity index (χ1v) is 17.2. The monoisotopic (exact) mass is 830 g/mol. The third kappa shape index (κ3) is 7.58. The molecule has 0 saturated heterocycles. The number of hydrogen-bond acceptors (Lipinski definition) is 13. The Bertz CT molecular complexity index is 2280. The minimum absolute atomic E-state index is 0.120. The van der Waals surface area contributed by atoms with Crippen molar-refractivity contribution in [3.8, 4) is 28.7 Å². The molecule has 5 rings (SSSR count). The molecule has 17 heteroatoms. The topological polar surface area (TPSA) is 184 Å². The van der Waals surface area contributed by atoms with Crippen LogP contribution in [0, 0.1) is 23.8 Å². The maximum atomic E-state index is 14.2. The third-order valence-electron chi connectivity index (χ3n) is 7.49. The number of thiazole rings is 1. The number of rotatable bonds is 12. The normalized spacial score (nSPS) is 14.1. The average molecular weight is 831 g/mol. The quantitative estimate of drug-likeness (QED) is 0.0726. The first kappa shape index (κ1) is 37.0. The number of aromatic nitrogens is 1. The highest BCUT2D eigenvalue weighted by Gasteiger charge is 2.34. The van der Waals surface area contributed by atoms with Gasteiger partial charge in [0.25, 0.3) is 11.2 Å². The standard InChI is InChI=1S/C34H31IN4O11S/c1-7-48-33(41)29-18(4)36-34-37(30(29)20-8-10-25(49-17(2)3)26(15-20)46-5)32(40)28(51-34)14-19-12-22(35)31(27(13-19)47-6)50-24-11-9-21(38(42)43)16-23(24)39(44)45/h8-17,30H,7H2,1-6H3/b28-14+/t30-/m0/s1. The van der Waals surface area contributed by atoms with Gasteiger partial charge in [-0.1, -0.05) is 17.4 Å². The lowest BCUT2D eigenvalue weighted by Crippen LogP contribution is -2.40. The molecule has 0 spiro atoms. The second-order valence-corrected chi connectivity index (χ2v) is 13.4. The molecular weight excluding hydrogens is 799 g/mol. The van der Waals surface area contributed by atoms with E-state index in [1.165, 1.54) is 18.8 Å². The minimum Gasteiger partial charge on any atom is -0.493 e. The summed E-state index contributed by atoms with van der Waals surface area (Å²) in [4.78, 5) is 53.9. The second-order valence-electron chi connectivity index (χ2n) is 11.2. The predicted octanol–water partition coefficient (Wildman–Crippen LogP) is 5.82. The summed E-state index contributed by atoms with van der Waals surface area (Å²) in [5, 5.41) is 22.9. The second kappa shape index (κ2) is 15.3. The molecule has 0 radical (unpaired) electrons. The van der Waals surface area contributed by atoms with E-state index < -0.39 is 38.8 Å². The molecule has 1 aliphatic heterocycles. The fourth-order valence-corrected chi connectivity index (χ4v) is 7.13. The van der Waals surface area contributed by atoms with Crippen molar-refractivity contribution in [2.75, 3.05) is 20.8 Å². The number of carbonyl (C=O) groups excluding carboxylic acids is 1. The van der Waals surface area contributed by atoms with Crippen molar-refractivity contribution in [3.05, 3.63) is 114 Å². The van der Waals surface area contributed by atoms with E-state index in [9.17, 15) is 29.8 Å². The van der Waals surface area contributed by atoms with Crippen LogP contribution in [-0.2, 0) is 9.53 Å². The Kier molecular flexibility index (Phi) is 11.1. The van der Waals surface area contributed by atoms with E-state index >= 15 is 0 Å². The van der Waals surface area contributed by atoms with Crippen molar-refractivity contribution < 1.29 is 38.3 Å². The van der Waals surface area contributed by atoms with E-state index in [1.54, 1.807) is 50.3 Å². The van der Waals surface area contributed by atoms with E-state index in [-0.39, 0.29) is 35.5 Å². The molecule has 4 aromatic rings. The van der Waals surface area contributed by atoms with Crippen molar-refractivity contribution in [2.24, 2.45) is 4.99 Å². The van der Waals surface area contributed by atoms with Gasteiger partial charge < -0.3 is 23.7 Å². The first-order chi connectivity index (χ1) is 24.3. The van der Waals surface area contributed by atoms with Crippen LogP contribution in [-0.4, -0.2) is 47.3 Å². The maximum absolute atomic E-state index is 14.2. The SMILES string of the molecule is CCOC(=O)C1=C(C)N=c2s/c(=C/c3cc(I)c(Oc4ccc([N+](=O)[O-])cc4[N+](=O)[O-])c(OC)c3)c(=O)n2[C@H]1c1ccc(OC(C)C)c(OC)c1. The summed E-state index contributed by atoms with van der Waals surface area (Å²) in [7, 11) is 2.88. The van der Waals surface area contributed by atoms with Crippen LogP contribution in [0.1, 0.15) is 44.9 Å². The molecule has 15 nitrogen and oxygen atoms in total. The van der Waals surface area contributed by atoms with Gasteiger partial charge in [-0.05, 0) is 97.8 Å². The van der Waals surface area contributed by atoms with Gasteiger partial charge in [0.15, 0.2) is 27.8 Å². The fourth-order valence-electron chi connectivity index (χ4n) is 5.34. The smallest absolute Gasteiger partial charge is 0.338 e. The zero-order valence-corrected chi connectivity index (χ0v) is 31.1. The number of carbonyl (C=O) groups is 1. The number of hydrogen-bond donors (Lipinski definition) is 0. The highest BCUT2D eigenvalue weighted by Crippen LogP contribution is 2.41. The number of nitro groups is 2. The zero-order valence-electron chi connectivity index (χ0n) is 28.1. The highest BCUT2D eigenvalue weighted by molar-refractivity contribution is 14.1. The zero-order chi connectivity index (χ0) is 37.1. The lowest BCUT2D eigenvalue weighted by Gasteiger charge is -2.25. The Hall–Kier alpha value is -5.30. The lowest BCUT2D eigenvalue weighted by molar-refractivity contribution is -0.394. The van der Waals surface area contributed by atoms with Gasteiger partial charge in [0.2, 0.25) is 5.75 Å². The van der Waals surface area contributed by atoms with Crippen molar-refractivity contribution >= 4 is 57.3 Å². The van der Waals surface area contributed by atoms with E-state index in [4.69, 9.17) is 23.7 Å². The van der Waals surface area contributed by atoms with Crippen molar-refractivity contribution in [1.82, 2.24) is 4.57 Å². The summed E-state index contributed by atoms with van der Waals surface area (Å²) in [5.74, 6) is 0.397. The molecule has 0 fully saturated rings. The predicted molar refractivity (Wildman–Crippen MR) is 195 cm³/mol. The molecule has 2 heterocycles. The Balaban J connectivity index is 1.62. The van der Waals surface area contributed by atoms with Gasteiger partial charge in [-0.3, -0.25) is 29.6 Å². The van der Waals surface area contributed by atoms with Crippen molar-refractivity contribution in [1.29, 1.82) is 0 Å². The van der Waals surface area contributed by atoms with Gasteiger partial charge >= 0.3 is 11.7 Å². The van der Waals surface area contributed by atoms with E-state index in [2.05, 4.69) is 4.99 Å². The van der Waals surface area contributed by atoms with Crippen LogP contribution >= 0.6 is 33.9 Å². The van der Waals surface area contributed by atoms with Crippen LogP contribution in [0.3, 0.4) is 0 Å². The number of nitrogens with zero attached hydrogens (tertiary/aromatic N) is 4. The van der Waals surface area contributed by atoms with E-state index in [1.807, 2.05) is 36.4 Å². The lowest BCUT2D eigenvalue weighted by atomic mass is 9.95. The van der Waals surface area contributed by atoms with Crippen LogP contribution in [0.2, 0.25) is 0 Å². The van der Waals surface area contributed by atoms with E-state index in [0.717, 1.165) is 29.5 Å². The average Bonchev–Trinajstić information content (AvgIpc) is 3.38. The Morgan fingerprint density at radius 3 is 2.35 bits per heavy atom. The number of ether oxygens (including phenoxy) is 5. The molecule has 0 bridgehead atoms. The number of benzene rings is 3. The van der Waals surface area contributed by atoms with Gasteiger partial charge in [0, 0.05) is 6.07 Å². The largest absolute Gasteiger partial charge is 0.493 e. The van der Waals surface area contributed by atoms with Crippen LogP contribution in [0.25, 0.3) is 6.08 Å². The number of fused-ring (bicyclic) bond motifs is 1. The molecule has 0 unspecified atom stereocenters. The van der Waals surface area contributed by atoms with Gasteiger partial charge in [-0.15, -0.1) is 0 Å². The summed E-state index contributed by atoms with van der Waals surface area (Å²) in [6, 6.07) is 10.6. The summed E-state index contributed by atoms with van der Waals surface area (Å²) in [6.07, 6.45) is 1.51. The summed E-state index contributed by atoms with van der Waals surface area (Å²) >= 11 is 3.09. The molecule has 0 N–H and O–H groups in total. The molecule has 1 aliphatic rings. The number of allylic oxidation sites excluding steroid dienone is 1. The van der Waals surface area contributed by atoms with Crippen LogP contribution in [0.15, 0.2) is 69.6 Å². The van der Waals surface area contributed by atoms with Gasteiger partial charge in [-0.2, -0.15) is 0 Å². The molecular formula is C34H31IN4O11S. The van der Waals surface area contributed by atoms with Crippen LogP contribution in [0.5, 0.6) is 28.7 Å². The van der Waals surface area contributed by atoms with Crippen molar-refractivity contribution in [2.45, 2.75) is 39.8 Å². The fraction of sp³-hybridized carbons (Fsp3) is 0.265. The maximum Gasteiger partial charge on any atom is 0.338 e. The minimum atomic E-state index is -0.896. The summed E-state index contributed by atoms with van der Waals surface area (Å²) in [6.45, 7) is 7.27. The van der Waals surface area contributed by atoms with Crippen molar-refractivity contribution in [3.63, 3.8) is 0 Å². The third-order valence-corrected chi connectivity index (χ3v) is 9.28. The first-order valence-electron chi connectivity index (χ1n) is 15.3. The Morgan fingerprint density at radius 2 is 1.73 bits per heavy atom. The molecule has 51 heavy (non-hydrogen) atoms. The molecule has 1 aromatic heterocycles. The van der Waals surface area contributed by atoms with Crippen LogP contribution < -0.4 is 33.8 Å². The number of nitro benzene ring substituents is 2. The Labute approximate surface area is 307 Å². The molecule has 0 saturated carbocycles. The van der Waals surface area contributed by atoms with Crippen LogP contribution in [0.4, 0.5) is 11.4 Å². The van der Waals surface area contributed by atoms with Gasteiger partial charge in [-0.25, -0.2) is 9.79 Å². The number of methoxy groups -OCH3 is 2. The molecule has 266 valence electrons. The number of esters is 1. The number of non-ortho nitro benzene ring substituents is 1. The Morgan fingerprint density at radius 1 is 1.02 bits per heavy atom. The highest BCUT2D eigenvalue weighted by atomic mass is 127. The molecule has 0 aliphatic carbocycles. The molecule has 0 amide bonds. The van der Waals surface area contributed by atoms with Gasteiger partial charge in [0.1, 0.15) is 0 Å². The summed E-state index contributed by atoms with van der Waals surface area (Å²) < 4.78 is 30.5.